The minimum absolute atomic E-state index is 0.0656. The minimum atomic E-state index is -3.74. The van der Waals surface area contributed by atoms with Crippen molar-refractivity contribution in [3.63, 3.8) is 0 Å². The number of hydrogen-bond donors (Lipinski definition) is 0. The van der Waals surface area contributed by atoms with E-state index in [2.05, 4.69) is 6.07 Å². The summed E-state index contributed by atoms with van der Waals surface area (Å²) in [5.74, 6) is -0.204. The molecule has 2 unspecified atom stereocenters. The molecule has 0 bridgehead atoms. The Hall–Kier alpha value is -1.85. The van der Waals surface area contributed by atoms with Crippen LogP contribution in [0.3, 0.4) is 0 Å². The van der Waals surface area contributed by atoms with Gasteiger partial charge in [0.15, 0.2) is 5.13 Å². The monoisotopic (exact) mass is 519 g/mol. The number of carbonyl (C=O) groups is 1. The van der Waals surface area contributed by atoms with Crippen LogP contribution < -0.4 is 4.90 Å². The van der Waals surface area contributed by atoms with Crippen molar-refractivity contribution >= 4 is 54.0 Å². The van der Waals surface area contributed by atoms with Gasteiger partial charge in [-0.2, -0.15) is 4.31 Å². The van der Waals surface area contributed by atoms with E-state index in [-0.39, 0.29) is 16.2 Å². The fourth-order valence-corrected chi connectivity index (χ4v) is 8.66. The molecule has 2 atom stereocenters. The highest BCUT2D eigenvalue weighted by molar-refractivity contribution is 7.91. The lowest BCUT2D eigenvalue weighted by atomic mass is 10.0. The molecule has 2 aliphatic heterocycles. The highest BCUT2D eigenvalue weighted by Gasteiger charge is 2.41. The molecule has 1 amide bonds. The van der Waals surface area contributed by atoms with Gasteiger partial charge in [-0.3, -0.25) is 9.69 Å². The Kier molecular flexibility index (Phi) is 6.78. The molecule has 0 N–H and O–H groups in total. The summed E-state index contributed by atoms with van der Waals surface area (Å²) in [6.45, 7) is 5.50. The molecule has 3 aromatic rings. The predicted molar refractivity (Wildman–Crippen MR) is 136 cm³/mol. The predicted octanol–water partition coefficient (Wildman–Crippen LogP) is 4.73. The SMILES string of the molecule is Cc1ccc(C)c2sc(N(CC3CCCO3)C(=O)C3CCCCN3S(=O)(=O)c3cccs3)nc12. The van der Waals surface area contributed by atoms with Crippen LogP contribution in [0, 0.1) is 13.8 Å². The average molecular weight is 520 g/mol. The van der Waals surface area contributed by atoms with Gasteiger partial charge in [0.05, 0.1) is 22.9 Å². The topological polar surface area (TPSA) is 79.8 Å². The first kappa shape index (κ1) is 23.9. The number of carbonyl (C=O) groups excluding carboxylic acids is 1. The van der Waals surface area contributed by atoms with Gasteiger partial charge in [0, 0.05) is 13.2 Å². The highest BCUT2D eigenvalue weighted by atomic mass is 32.2. The molecule has 0 spiro atoms. The van der Waals surface area contributed by atoms with Crippen LogP contribution in [0.15, 0.2) is 33.9 Å². The van der Waals surface area contributed by atoms with Crippen molar-refractivity contribution in [1.29, 1.82) is 0 Å². The van der Waals surface area contributed by atoms with Gasteiger partial charge in [0.2, 0.25) is 5.91 Å². The van der Waals surface area contributed by atoms with Crippen molar-refractivity contribution in [2.75, 3.05) is 24.6 Å². The number of fused-ring (bicyclic) bond motifs is 1. The van der Waals surface area contributed by atoms with Gasteiger partial charge in [-0.25, -0.2) is 13.4 Å². The van der Waals surface area contributed by atoms with E-state index in [0.29, 0.717) is 31.2 Å². The number of piperidine rings is 1. The van der Waals surface area contributed by atoms with Crippen LogP contribution in [0.2, 0.25) is 0 Å². The van der Waals surface area contributed by atoms with Gasteiger partial charge < -0.3 is 4.74 Å². The molecular formula is C24H29N3O4S3. The summed E-state index contributed by atoms with van der Waals surface area (Å²) in [6, 6.07) is 6.72. The van der Waals surface area contributed by atoms with E-state index < -0.39 is 16.1 Å². The molecular weight excluding hydrogens is 490 g/mol. The summed E-state index contributed by atoms with van der Waals surface area (Å²) < 4.78 is 35.5. The second kappa shape index (κ2) is 9.66. The Balaban J connectivity index is 1.53. The zero-order chi connectivity index (χ0) is 23.9. The Bertz CT molecular complexity index is 1240. The van der Waals surface area contributed by atoms with E-state index in [1.165, 1.54) is 27.0 Å². The number of amides is 1. The van der Waals surface area contributed by atoms with Crippen molar-refractivity contribution in [2.24, 2.45) is 0 Å². The second-order valence-electron chi connectivity index (χ2n) is 9.02. The Morgan fingerprint density at radius 1 is 1.18 bits per heavy atom. The molecule has 4 heterocycles. The fourth-order valence-electron chi connectivity index (χ4n) is 4.76. The average Bonchev–Trinajstić information content (AvgIpc) is 3.61. The van der Waals surface area contributed by atoms with Crippen LogP contribution in [0.1, 0.15) is 43.2 Å². The fraction of sp³-hybridized carbons (Fsp3) is 0.500. The van der Waals surface area contributed by atoms with Crippen molar-refractivity contribution in [2.45, 2.75) is 62.3 Å². The number of hydrogen-bond acceptors (Lipinski definition) is 7. The Labute approximate surface area is 208 Å². The minimum Gasteiger partial charge on any atom is -0.376 e. The van der Waals surface area contributed by atoms with Gasteiger partial charge in [-0.1, -0.05) is 36.0 Å². The van der Waals surface area contributed by atoms with Gasteiger partial charge in [0.25, 0.3) is 10.0 Å². The molecule has 0 radical (unpaired) electrons. The number of anilines is 1. The maximum Gasteiger partial charge on any atom is 0.253 e. The molecule has 0 aliphatic carbocycles. The van der Waals surface area contributed by atoms with Crippen LogP contribution in [-0.4, -0.2) is 55.5 Å². The van der Waals surface area contributed by atoms with E-state index in [0.717, 1.165) is 47.0 Å². The molecule has 2 aromatic heterocycles. The normalized spacial score (nSPS) is 21.8. The van der Waals surface area contributed by atoms with E-state index >= 15 is 0 Å². The first-order valence-corrected chi connectivity index (χ1v) is 14.8. The molecule has 2 aliphatic rings. The smallest absolute Gasteiger partial charge is 0.253 e. The maximum absolute atomic E-state index is 14.1. The summed E-state index contributed by atoms with van der Waals surface area (Å²) in [6.07, 6.45) is 3.86. The van der Waals surface area contributed by atoms with Crippen LogP contribution >= 0.6 is 22.7 Å². The lowest BCUT2D eigenvalue weighted by molar-refractivity contribution is -0.123. The molecule has 7 nitrogen and oxygen atoms in total. The summed E-state index contributed by atoms with van der Waals surface area (Å²) in [5.41, 5.74) is 3.08. The number of nitrogens with zero attached hydrogens (tertiary/aromatic N) is 3. The van der Waals surface area contributed by atoms with E-state index in [1.54, 1.807) is 22.4 Å². The number of aryl methyl sites for hydroxylation is 2. The molecule has 1 aromatic carbocycles. The van der Waals surface area contributed by atoms with Crippen molar-refractivity contribution < 1.29 is 17.9 Å². The number of sulfonamides is 1. The number of thiophene rings is 1. The van der Waals surface area contributed by atoms with Crippen molar-refractivity contribution in [1.82, 2.24) is 9.29 Å². The van der Waals surface area contributed by atoms with Crippen LogP contribution in [-0.2, 0) is 19.6 Å². The lowest BCUT2D eigenvalue weighted by Crippen LogP contribution is -2.54. The summed E-state index contributed by atoms with van der Waals surface area (Å²) >= 11 is 2.69. The van der Waals surface area contributed by atoms with Gasteiger partial charge in [-0.05, 0) is 62.1 Å². The number of ether oxygens (including phenoxy) is 1. The Morgan fingerprint density at radius 3 is 2.71 bits per heavy atom. The summed E-state index contributed by atoms with van der Waals surface area (Å²) in [4.78, 5) is 20.7. The lowest BCUT2D eigenvalue weighted by Gasteiger charge is -2.36. The summed E-state index contributed by atoms with van der Waals surface area (Å²) in [5, 5.41) is 2.37. The van der Waals surface area contributed by atoms with Gasteiger partial charge in [-0.15, -0.1) is 11.3 Å². The van der Waals surface area contributed by atoms with Crippen molar-refractivity contribution in [3.05, 3.63) is 40.8 Å². The number of rotatable bonds is 6. The molecule has 2 fully saturated rings. The molecule has 5 rings (SSSR count). The first-order chi connectivity index (χ1) is 16.4. The highest BCUT2D eigenvalue weighted by Crippen LogP contribution is 2.36. The zero-order valence-corrected chi connectivity index (χ0v) is 21.8. The van der Waals surface area contributed by atoms with Crippen molar-refractivity contribution in [3.8, 4) is 0 Å². The van der Waals surface area contributed by atoms with Crippen LogP contribution in [0.4, 0.5) is 5.13 Å². The van der Waals surface area contributed by atoms with Crippen LogP contribution in [0.5, 0.6) is 0 Å². The third-order valence-electron chi connectivity index (χ3n) is 6.63. The number of aromatic nitrogens is 1. The number of thiazole rings is 1. The standard InChI is InChI=1S/C24H29N3O4S3/c1-16-10-11-17(2)22-21(16)25-24(33-22)26(15-18-7-5-13-31-18)23(28)19-8-3-4-12-27(19)34(29,30)20-9-6-14-32-20/h6,9-11,14,18-19H,3-5,7-8,12-13,15H2,1-2H3. The quantitative estimate of drug-likeness (QED) is 0.470. The molecule has 34 heavy (non-hydrogen) atoms. The van der Waals surface area contributed by atoms with Gasteiger partial charge in [0.1, 0.15) is 10.3 Å². The zero-order valence-electron chi connectivity index (χ0n) is 19.4. The number of benzene rings is 1. The van der Waals surface area contributed by atoms with Gasteiger partial charge >= 0.3 is 0 Å². The first-order valence-electron chi connectivity index (χ1n) is 11.7. The maximum atomic E-state index is 14.1. The largest absolute Gasteiger partial charge is 0.376 e. The molecule has 2 saturated heterocycles. The van der Waals surface area contributed by atoms with Crippen LogP contribution in [0.25, 0.3) is 10.2 Å². The molecule has 0 saturated carbocycles. The third kappa shape index (κ3) is 4.42. The summed E-state index contributed by atoms with van der Waals surface area (Å²) in [7, 11) is -3.74. The molecule has 182 valence electrons. The van der Waals surface area contributed by atoms with E-state index in [9.17, 15) is 13.2 Å². The van der Waals surface area contributed by atoms with E-state index in [1.807, 2.05) is 19.9 Å². The second-order valence-corrected chi connectivity index (χ2v) is 13.1. The Morgan fingerprint density at radius 2 is 2.00 bits per heavy atom. The molecule has 10 heteroatoms. The third-order valence-corrected chi connectivity index (χ3v) is 11.1. The van der Waals surface area contributed by atoms with E-state index in [4.69, 9.17) is 9.72 Å².